The van der Waals surface area contributed by atoms with E-state index < -0.39 is 26.5 Å². The van der Waals surface area contributed by atoms with Crippen molar-refractivity contribution >= 4 is 49.3 Å². The van der Waals surface area contributed by atoms with Crippen molar-refractivity contribution in [3.63, 3.8) is 0 Å². The molecule has 0 saturated carbocycles. The predicted molar refractivity (Wildman–Crippen MR) is 150 cm³/mol. The summed E-state index contributed by atoms with van der Waals surface area (Å²) in [5.74, 6) is 0.379. The topological polar surface area (TPSA) is 189 Å². The van der Waals surface area contributed by atoms with E-state index in [1.807, 2.05) is 6.92 Å². The van der Waals surface area contributed by atoms with Gasteiger partial charge in [0.1, 0.15) is 34.4 Å². The quantitative estimate of drug-likeness (QED) is 0.105. The number of nitrogens with two attached hydrogens (primary N) is 1. The van der Waals surface area contributed by atoms with Crippen molar-refractivity contribution in [1.82, 2.24) is 0 Å². The SMILES string of the molecule is COc1cc(N=Nc2ccc(OCCO)cc2C)c(C)cc1N=Nc1c(S(=O)(=O)O)cc2cc(N)ccc2c1O. The number of anilines is 1. The van der Waals surface area contributed by atoms with Crippen LogP contribution in [-0.4, -0.2) is 43.5 Å². The van der Waals surface area contributed by atoms with Gasteiger partial charge < -0.3 is 25.4 Å². The molecule has 0 aliphatic rings. The number of fused-ring (bicyclic) bond motifs is 1. The Morgan fingerprint density at radius 2 is 1.57 bits per heavy atom. The first-order valence-electron chi connectivity index (χ1n) is 11.9. The number of benzene rings is 4. The highest BCUT2D eigenvalue weighted by molar-refractivity contribution is 7.86. The van der Waals surface area contributed by atoms with Gasteiger partial charge in [0, 0.05) is 17.1 Å². The lowest BCUT2D eigenvalue weighted by atomic mass is 10.1. The zero-order chi connectivity index (χ0) is 29.0. The van der Waals surface area contributed by atoms with Crippen LogP contribution in [0.3, 0.4) is 0 Å². The van der Waals surface area contributed by atoms with Crippen LogP contribution >= 0.6 is 0 Å². The Balaban J connectivity index is 1.70. The molecule has 0 aliphatic heterocycles. The second kappa shape index (κ2) is 11.7. The molecule has 13 heteroatoms. The van der Waals surface area contributed by atoms with Gasteiger partial charge in [0.15, 0.2) is 5.75 Å². The van der Waals surface area contributed by atoms with Crippen molar-refractivity contribution in [3.8, 4) is 17.2 Å². The van der Waals surface area contributed by atoms with Gasteiger partial charge in [0.05, 0.1) is 25.1 Å². The number of aliphatic hydroxyl groups is 1. The summed E-state index contributed by atoms with van der Waals surface area (Å²) >= 11 is 0. The molecule has 0 amide bonds. The zero-order valence-corrected chi connectivity index (χ0v) is 22.7. The highest BCUT2D eigenvalue weighted by atomic mass is 32.2. The summed E-state index contributed by atoms with van der Waals surface area (Å²) in [5, 5.41) is 37.0. The van der Waals surface area contributed by atoms with Crippen molar-refractivity contribution in [2.45, 2.75) is 18.7 Å². The molecule has 4 aromatic rings. The summed E-state index contributed by atoms with van der Waals surface area (Å²) in [6.45, 7) is 3.73. The van der Waals surface area contributed by atoms with Crippen molar-refractivity contribution in [2.75, 3.05) is 26.1 Å². The molecular weight excluding hydrogens is 538 g/mol. The van der Waals surface area contributed by atoms with E-state index in [4.69, 9.17) is 20.3 Å². The van der Waals surface area contributed by atoms with Gasteiger partial charge >= 0.3 is 0 Å². The molecule has 0 saturated heterocycles. The number of methoxy groups -OCH3 is 1. The van der Waals surface area contributed by atoms with E-state index in [-0.39, 0.29) is 30.0 Å². The second-order valence-electron chi connectivity index (χ2n) is 8.76. The first-order valence-corrected chi connectivity index (χ1v) is 13.3. The van der Waals surface area contributed by atoms with Gasteiger partial charge in [0.25, 0.3) is 10.1 Å². The van der Waals surface area contributed by atoms with Gasteiger partial charge in [-0.15, -0.1) is 10.2 Å². The maximum Gasteiger partial charge on any atom is 0.296 e. The van der Waals surface area contributed by atoms with Crippen molar-refractivity contribution in [1.29, 1.82) is 0 Å². The van der Waals surface area contributed by atoms with Crippen molar-refractivity contribution in [3.05, 3.63) is 65.7 Å². The maximum atomic E-state index is 12.1. The Kier molecular flexibility index (Phi) is 8.28. The second-order valence-corrected chi connectivity index (χ2v) is 10.1. The van der Waals surface area contributed by atoms with E-state index >= 15 is 0 Å². The van der Waals surface area contributed by atoms with Crippen LogP contribution in [0.15, 0.2) is 79.9 Å². The molecule has 4 rings (SSSR count). The molecule has 5 N–H and O–H groups in total. The number of rotatable bonds is 9. The van der Waals surface area contributed by atoms with Crippen LogP contribution in [0, 0.1) is 13.8 Å². The largest absolute Gasteiger partial charge is 0.505 e. The predicted octanol–water partition coefficient (Wildman–Crippen LogP) is 6.20. The number of nitrogens with zero attached hydrogens (tertiary/aromatic N) is 4. The molecule has 40 heavy (non-hydrogen) atoms. The van der Waals surface area contributed by atoms with Gasteiger partial charge in [-0.3, -0.25) is 4.55 Å². The minimum Gasteiger partial charge on any atom is -0.505 e. The molecule has 0 unspecified atom stereocenters. The highest BCUT2D eigenvalue weighted by Crippen LogP contribution is 2.43. The Hall–Kier alpha value is -4.59. The molecule has 208 valence electrons. The molecule has 4 aromatic carbocycles. The summed E-state index contributed by atoms with van der Waals surface area (Å²) in [7, 11) is -3.35. The summed E-state index contributed by atoms with van der Waals surface area (Å²) in [5.41, 5.74) is 8.48. The fourth-order valence-corrected chi connectivity index (χ4v) is 4.54. The molecule has 12 nitrogen and oxygen atoms in total. The van der Waals surface area contributed by atoms with Crippen LogP contribution in [0.2, 0.25) is 0 Å². The third kappa shape index (κ3) is 6.17. The molecule has 0 atom stereocenters. The molecule has 0 bridgehead atoms. The first kappa shape index (κ1) is 28.4. The molecule has 0 aliphatic carbocycles. The standard InChI is InChI=1S/C27H27N5O7S/c1-15-10-19(39-9-8-33)5-7-21(15)29-30-22-14-24(38-3)23(11-16(22)2)31-32-26-25(40(35,36)37)13-17-12-18(28)4-6-20(17)27(26)34/h4-7,10-14,33-34H,8-9,28H2,1-3H3,(H,35,36,37). The van der Waals surface area contributed by atoms with E-state index in [1.165, 1.54) is 25.3 Å². The van der Waals surface area contributed by atoms with E-state index in [1.54, 1.807) is 37.3 Å². The van der Waals surface area contributed by atoms with E-state index in [9.17, 15) is 18.1 Å². The van der Waals surface area contributed by atoms with Gasteiger partial charge in [0.2, 0.25) is 0 Å². The number of azo groups is 2. The lowest BCUT2D eigenvalue weighted by Crippen LogP contribution is -2.01. The van der Waals surface area contributed by atoms with Gasteiger partial charge in [-0.2, -0.15) is 18.6 Å². The summed E-state index contributed by atoms with van der Waals surface area (Å²) in [6.07, 6.45) is 0. The number of hydrogen-bond acceptors (Lipinski definition) is 11. The minimum absolute atomic E-state index is 0.0855. The Morgan fingerprint density at radius 1 is 0.875 bits per heavy atom. The fourth-order valence-electron chi connectivity index (χ4n) is 3.88. The van der Waals surface area contributed by atoms with Crippen LogP contribution in [0.5, 0.6) is 17.2 Å². The normalized spacial score (nSPS) is 12.0. The zero-order valence-electron chi connectivity index (χ0n) is 21.9. The third-order valence-electron chi connectivity index (χ3n) is 5.90. The van der Waals surface area contributed by atoms with E-state index in [0.29, 0.717) is 33.8 Å². The van der Waals surface area contributed by atoms with Gasteiger partial charge in [-0.25, -0.2) is 0 Å². The third-order valence-corrected chi connectivity index (χ3v) is 6.77. The molecular formula is C27H27N5O7S. The number of hydrogen-bond donors (Lipinski definition) is 4. The molecule has 0 radical (unpaired) electrons. The smallest absolute Gasteiger partial charge is 0.296 e. The summed E-state index contributed by atoms with van der Waals surface area (Å²) < 4.78 is 44.8. The van der Waals surface area contributed by atoms with Crippen LogP contribution < -0.4 is 15.2 Å². The van der Waals surface area contributed by atoms with E-state index in [2.05, 4.69) is 20.5 Å². The van der Waals surface area contributed by atoms with Crippen molar-refractivity contribution in [2.24, 2.45) is 20.5 Å². The van der Waals surface area contributed by atoms with Crippen LogP contribution in [0.25, 0.3) is 10.8 Å². The van der Waals surface area contributed by atoms with Gasteiger partial charge in [-0.1, -0.05) is 0 Å². The Labute approximate surface area is 230 Å². The maximum absolute atomic E-state index is 12.1. The number of aliphatic hydroxyl groups excluding tert-OH is 1. The lowest BCUT2D eigenvalue weighted by Gasteiger charge is -2.10. The molecule has 0 heterocycles. The Bertz CT molecular complexity index is 1750. The number of ether oxygens (including phenoxy) is 2. The number of aromatic hydroxyl groups is 1. The number of nitrogen functional groups attached to an aromatic ring is 1. The number of phenolic OH excluding ortho intramolecular Hbond substituents is 1. The fraction of sp³-hybridized carbons (Fsp3) is 0.185. The van der Waals surface area contributed by atoms with Crippen LogP contribution in [-0.2, 0) is 10.1 Å². The Morgan fingerprint density at radius 3 is 2.25 bits per heavy atom. The lowest BCUT2D eigenvalue weighted by molar-refractivity contribution is 0.201. The molecule has 0 spiro atoms. The average Bonchev–Trinajstić information content (AvgIpc) is 2.90. The van der Waals surface area contributed by atoms with E-state index in [0.717, 1.165) is 11.6 Å². The number of phenols is 1. The summed E-state index contributed by atoms with van der Waals surface area (Å²) in [6, 6.07) is 14.1. The van der Waals surface area contributed by atoms with Gasteiger partial charge in [-0.05, 0) is 78.9 Å². The van der Waals surface area contributed by atoms with Crippen LogP contribution in [0.1, 0.15) is 11.1 Å². The highest BCUT2D eigenvalue weighted by Gasteiger charge is 2.22. The van der Waals surface area contributed by atoms with Crippen LogP contribution in [0.4, 0.5) is 28.4 Å². The molecule has 0 fully saturated rings. The van der Waals surface area contributed by atoms with Crippen molar-refractivity contribution < 1.29 is 32.7 Å². The summed E-state index contributed by atoms with van der Waals surface area (Å²) in [4.78, 5) is -0.629. The monoisotopic (exact) mass is 565 g/mol. The first-order chi connectivity index (χ1) is 19.0. The molecule has 0 aromatic heterocycles. The average molecular weight is 566 g/mol. The minimum atomic E-state index is -4.77. The number of aryl methyl sites for hydroxylation is 2.